The Morgan fingerprint density at radius 3 is 2.89 bits per heavy atom. The number of carboxylic acids is 1. The standard InChI is InChI=1S/C9H8N4O5/c1-4(9(14)15)10-6-3-2-5-7(12-18-11-5)8(6)13(16)17/h2-4,10H,1H3,(H,14,15). The number of hydrogen-bond acceptors (Lipinski definition) is 7. The van der Waals surface area contributed by atoms with E-state index in [1.807, 2.05) is 0 Å². The molecule has 0 spiro atoms. The van der Waals surface area contributed by atoms with Crippen LogP contribution < -0.4 is 5.32 Å². The summed E-state index contributed by atoms with van der Waals surface area (Å²) in [6.07, 6.45) is 0. The van der Waals surface area contributed by atoms with Gasteiger partial charge in [-0.05, 0) is 29.4 Å². The van der Waals surface area contributed by atoms with Crippen LogP contribution in [0.1, 0.15) is 6.92 Å². The summed E-state index contributed by atoms with van der Waals surface area (Å²) < 4.78 is 4.41. The summed E-state index contributed by atoms with van der Waals surface area (Å²) in [5, 5.41) is 29.2. The third kappa shape index (κ3) is 1.93. The molecule has 9 nitrogen and oxygen atoms in total. The van der Waals surface area contributed by atoms with Crippen molar-refractivity contribution < 1.29 is 19.5 Å². The van der Waals surface area contributed by atoms with E-state index in [4.69, 9.17) is 5.11 Å². The topological polar surface area (TPSA) is 131 Å². The smallest absolute Gasteiger partial charge is 0.325 e. The predicted octanol–water partition coefficient (Wildman–Crippen LogP) is 1.02. The van der Waals surface area contributed by atoms with Gasteiger partial charge in [-0.2, -0.15) is 0 Å². The van der Waals surface area contributed by atoms with Crippen molar-refractivity contribution in [3.8, 4) is 0 Å². The molecule has 0 saturated carbocycles. The molecule has 0 radical (unpaired) electrons. The number of nitrogens with one attached hydrogen (secondary N) is 1. The minimum atomic E-state index is -1.12. The van der Waals surface area contributed by atoms with Gasteiger partial charge in [0.15, 0.2) is 0 Å². The lowest BCUT2D eigenvalue weighted by molar-refractivity contribution is -0.382. The zero-order valence-electron chi connectivity index (χ0n) is 9.15. The van der Waals surface area contributed by atoms with Gasteiger partial charge in [0.25, 0.3) is 0 Å². The molecule has 0 aliphatic rings. The van der Waals surface area contributed by atoms with Gasteiger partial charge in [-0.1, -0.05) is 0 Å². The van der Waals surface area contributed by atoms with Crippen molar-refractivity contribution in [3.63, 3.8) is 0 Å². The summed E-state index contributed by atoms with van der Waals surface area (Å²) >= 11 is 0. The third-order valence-electron chi connectivity index (χ3n) is 2.33. The second-order valence-corrected chi connectivity index (χ2v) is 3.56. The molecular weight excluding hydrogens is 244 g/mol. The van der Waals surface area contributed by atoms with E-state index in [-0.39, 0.29) is 22.4 Å². The molecular formula is C9H8N4O5. The van der Waals surface area contributed by atoms with Gasteiger partial charge in [0.1, 0.15) is 17.2 Å². The van der Waals surface area contributed by atoms with E-state index in [1.165, 1.54) is 19.1 Å². The molecule has 94 valence electrons. The van der Waals surface area contributed by atoms with Crippen LogP contribution in [0.2, 0.25) is 0 Å². The van der Waals surface area contributed by atoms with E-state index < -0.39 is 16.9 Å². The minimum Gasteiger partial charge on any atom is -0.480 e. The van der Waals surface area contributed by atoms with Gasteiger partial charge in [0.05, 0.1) is 4.92 Å². The van der Waals surface area contributed by atoms with Gasteiger partial charge in [-0.15, -0.1) is 0 Å². The van der Waals surface area contributed by atoms with E-state index in [1.54, 1.807) is 0 Å². The average molecular weight is 252 g/mol. The number of benzene rings is 1. The monoisotopic (exact) mass is 252 g/mol. The van der Waals surface area contributed by atoms with E-state index in [0.29, 0.717) is 0 Å². The summed E-state index contributed by atoms with van der Waals surface area (Å²) in [6, 6.07) is 1.85. The summed E-state index contributed by atoms with van der Waals surface area (Å²) in [5.74, 6) is -1.12. The maximum atomic E-state index is 11.0. The lowest BCUT2D eigenvalue weighted by Crippen LogP contribution is -2.25. The Kier molecular flexibility index (Phi) is 2.80. The second-order valence-electron chi connectivity index (χ2n) is 3.56. The molecule has 2 rings (SSSR count). The van der Waals surface area contributed by atoms with E-state index in [9.17, 15) is 14.9 Å². The van der Waals surface area contributed by atoms with Crippen molar-refractivity contribution in [2.75, 3.05) is 5.32 Å². The van der Waals surface area contributed by atoms with E-state index in [0.717, 1.165) is 0 Å². The fraction of sp³-hybridized carbons (Fsp3) is 0.222. The average Bonchev–Trinajstić information content (AvgIpc) is 2.75. The van der Waals surface area contributed by atoms with Crippen molar-refractivity contribution in [2.24, 2.45) is 0 Å². The van der Waals surface area contributed by atoms with Crippen molar-refractivity contribution in [1.29, 1.82) is 0 Å². The van der Waals surface area contributed by atoms with Crippen molar-refractivity contribution in [1.82, 2.24) is 10.3 Å². The summed E-state index contributed by atoms with van der Waals surface area (Å²) in [5.41, 5.74) is -0.0993. The molecule has 0 saturated heterocycles. The van der Waals surface area contributed by atoms with Crippen LogP contribution in [0.15, 0.2) is 16.8 Å². The molecule has 0 amide bonds. The van der Waals surface area contributed by atoms with E-state index in [2.05, 4.69) is 20.3 Å². The molecule has 1 heterocycles. The number of fused-ring (bicyclic) bond motifs is 1. The highest BCUT2D eigenvalue weighted by atomic mass is 16.6. The maximum Gasteiger partial charge on any atom is 0.325 e. The van der Waals surface area contributed by atoms with Crippen LogP contribution in [0.25, 0.3) is 11.0 Å². The lowest BCUT2D eigenvalue weighted by atomic mass is 10.2. The molecule has 1 unspecified atom stereocenters. The fourth-order valence-corrected chi connectivity index (χ4v) is 1.43. The second kappa shape index (κ2) is 4.28. The van der Waals surface area contributed by atoms with Crippen LogP contribution in [0.3, 0.4) is 0 Å². The Morgan fingerprint density at radius 2 is 2.28 bits per heavy atom. The zero-order valence-corrected chi connectivity index (χ0v) is 9.15. The SMILES string of the molecule is CC(Nc1ccc2nonc2c1[N+](=O)[O-])C(=O)O. The molecule has 1 aromatic carbocycles. The number of rotatable bonds is 4. The highest BCUT2D eigenvalue weighted by Crippen LogP contribution is 2.31. The Labute approximate surface area is 99.5 Å². The lowest BCUT2D eigenvalue weighted by Gasteiger charge is -2.10. The summed E-state index contributed by atoms with van der Waals surface area (Å²) in [7, 11) is 0. The number of hydrogen-bond donors (Lipinski definition) is 2. The third-order valence-corrected chi connectivity index (χ3v) is 2.33. The number of carbonyl (C=O) groups is 1. The molecule has 0 aliphatic carbocycles. The number of nitrogens with zero attached hydrogens (tertiary/aromatic N) is 3. The first-order valence-corrected chi connectivity index (χ1v) is 4.89. The van der Waals surface area contributed by atoms with Crippen molar-refractivity contribution in [2.45, 2.75) is 13.0 Å². The number of nitro groups is 1. The van der Waals surface area contributed by atoms with Crippen LogP contribution in [-0.4, -0.2) is 32.4 Å². The van der Waals surface area contributed by atoms with Gasteiger partial charge in [-0.25, -0.2) is 4.63 Å². The Balaban J connectivity index is 2.52. The highest BCUT2D eigenvalue weighted by molar-refractivity contribution is 5.91. The summed E-state index contributed by atoms with van der Waals surface area (Å²) in [4.78, 5) is 21.1. The van der Waals surface area contributed by atoms with Gasteiger partial charge in [-0.3, -0.25) is 14.9 Å². The molecule has 2 aromatic rings. The van der Waals surface area contributed by atoms with Crippen molar-refractivity contribution >= 4 is 28.4 Å². The first-order valence-electron chi connectivity index (χ1n) is 4.89. The number of anilines is 1. The first-order chi connectivity index (χ1) is 8.50. The fourth-order valence-electron chi connectivity index (χ4n) is 1.43. The highest BCUT2D eigenvalue weighted by Gasteiger charge is 2.24. The predicted molar refractivity (Wildman–Crippen MR) is 59.2 cm³/mol. The molecule has 18 heavy (non-hydrogen) atoms. The normalized spacial score (nSPS) is 12.3. The van der Waals surface area contributed by atoms with Gasteiger partial charge in [0.2, 0.25) is 5.52 Å². The Bertz CT molecular complexity index is 622. The van der Waals surface area contributed by atoms with Gasteiger partial charge in [0, 0.05) is 0 Å². The van der Waals surface area contributed by atoms with Crippen LogP contribution in [-0.2, 0) is 4.79 Å². The Hall–Kier alpha value is -2.71. The first kappa shape index (κ1) is 11.8. The number of nitro benzene ring substituents is 1. The molecule has 0 fully saturated rings. The van der Waals surface area contributed by atoms with Gasteiger partial charge >= 0.3 is 11.7 Å². The quantitative estimate of drug-likeness (QED) is 0.608. The number of aromatic nitrogens is 2. The zero-order chi connectivity index (χ0) is 13.3. The molecule has 2 N–H and O–H groups in total. The molecule has 1 atom stereocenters. The van der Waals surface area contributed by atoms with E-state index >= 15 is 0 Å². The Morgan fingerprint density at radius 1 is 1.56 bits per heavy atom. The summed E-state index contributed by atoms with van der Waals surface area (Å²) in [6.45, 7) is 1.37. The number of aliphatic carboxylic acids is 1. The van der Waals surface area contributed by atoms with Crippen LogP contribution in [0, 0.1) is 10.1 Å². The van der Waals surface area contributed by atoms with Crippen LogP contribution in [0.4, 0.5) is 11.4 Å². The minimum absolute atomic E-state index is 0.0254. The van der Waals surface area contributed by atoms with Gasteiger partial charge < -0.3 is 10.4 Å². The van der Waals surface area contributed by atoms with Crippen molar-refractivity contribution in [3.05, 3.63) is 22.2 Å². The molecule has 9 heteroatoms. The largest absolute Gasteiger partial charge is 0.480 e. The van der Waals surface area contributed by atoms with Crippen LogP contribution in [0.5, 0.6) is 0 Å². The molecule has 1 aromatic heterocycles. The van der Waals surface area contributed by atoms with Crippen LogP contribution >= 0.6 is 0 Å². The number of carboxylic acid groups (broad SMARTS) is 1. The molecule has 0 bridgehead atoms. The maximum absolute atomic E-state index is 11.0. The molecule has 0 aliphatic heterocycles.